The third-order valence-electron chi connectivity index (χ3n) is 4.95. The SMILES string of the molecule is Cc1c(C(C)NC(=O)CCC2Cc3ccccc3NC2=O)cnn1C. The van der Waals surface area contributed by atoms with Gasteiger partial charge < -0.3 is 10.6 Å². The van der Waals surface area contributed by atoms with Crippen LogP contribution in [0.5, 0.6) is 0 Å². The summed E-state index contributed by atoms with van der Waals surface area (Å²) < 4.78 is 1.79. The molecule has 1 aliphatic rings. The summed E-state index contributed by atoms with van der Waals surface area (Å²) in [6, 6.07) is 7.72. The van der Waals surface area contributed by atoms with Crippen molar-refractivity contribution in [2.24, 2.45) is 13.0 Å². The zero-order valence-electron chi connectivity index (χ0n) is 14.9. The fraction of sp³-hybridized carbons (Fsp3) is 0.421. The van der Waals surface area contributed by atoms with E-state index in [2.05, 4.69) is 15.7 Å². The summed E-state index contributed by atoms with van der Waals surface area (Å²) in [5.41, 5.74) is 4.07. The van der Waals surface area contributed by atoms with Crippen LogP contribution < -0.4 is 10.6 Å². The number of benzene rings is 1. The van der Waals surface area contributed by atoms with Crippen molar-refractivity contribution in [3.8, 4) is 0 Å². The van der Waals surface area contributed by atoms with Gasteiger partial charge in [-0.3, -0.25) is 14.3 Å². The van der Waals surface area contributed by atoms with Gasteiger partial charge in [-0.1, -0.05) is 18.2 Å². The second kappa shape index (κ2) is 7.09. The molecule has 2 aromatic rings. The highest BCUT2D eigenvalue weighted by molar-refractivity contribution is 5.96. The quantitative estimate of drug-likeness (QED) is 0.878. The summed E-state index contributed by atoms with van der Waals surface area (Å²) in [6.45, 7) is 3.93. The number of para-hydroxylation sites is 1. The van der Waals surface area contributed by atoms with Gasteiger partial charge in [-0.2, -0.15) is 5.10 Å². The van der Waals surface area contributed by atoms with Gasteiger partial charge in [0.2, 0.25) is 11.8 Å². The van der Waals surface area contributed by atoms with E-state index in [-0.39, 0.29) is 23.8 Å². The molecule has 2 atom stereocenters. The largest absolute Gasteiger partial charge is 0.349 e. The van der Waals surface area contributed by atoms with Crippen LogP contribution in [0.2, 0.25) is 0 Å². The molecule has 2 N–H and O–H groups in total. The number of amides is 2. The maximum atomic E-state index is 12.3. The Hall–Kier alpha value is -2.63. The van der Waals surface area contributed by atoms with Crippen molar-refractivity contribution in [2.75, 3.05) is 5.32 Å². The molecule has 0 bridgehead atoms. The Labute approximate surface area is 147 Å². The first-order valence-corrected chi connectivity index (χ1v) is 8.62. The molecule has 132 valence electrons. The van der Waals surface area contributed by atoms with Gasteiger partial charge >= 0.3 is 0 Å². The van der Waals surface area contributed by atoms with E-state index >= 15 is 0 Å². The van der Waals surface area contributed by atoms with Crippen LogP contribution in [-0.2, 0) is 23.1 Å². The van der Waals surface area contributed by atoms with Gasteiger partial charge in [0.25, 0.3) is 0 Å². The minimum absolute atomic E-state index is 0.00246. The number of hydrogen-bond acceptors (Lipinski definition) is 3. The lowest BCUT2D eigenvalue weighted by Crippen LogP contribution is -2.32. The van der Waals surface area contributed by atoms with Crippen molar-refractivity contribution >= 4 is 17.5 Å². The molecule has 0 saturated heterocycles. The van der Waals surface area contributed by atoms with Crippen molar-refractivity contribution in [3.63, 3.8) is 0 Å². The minimum Gasteiger partial charge on any atom is -0.349 e. The van der Waals surface area contributed by atoms with Crippen molar-refractivity contribution in [3.05, 3.63) is 47.3 Å². The van der Waals surface area contributed by atoms with Crippen molar-refractivity contribution < 1.29 is 9.59 Å². The second-order valence-corrected chi connectivity index (χ2v) is 6.68. The van der Waals surface area contributed by atoms with E-state index in [0.29, 0.717) is 19.3 Å². The summed E-state index contributed by atoms with van der Waals surface area (Å²) in [5, 5.41) is 10.1. The van der Waals surface area contributed by atoms with Crippen LogP contribution in [0.25, 0.3) is 0 Å². The summed E-state index contributed by atoms with van der Waals surface area (Å²) >= 11 is 0. The van der Waals surface area contributed by atoms with Crippen LogP contribution in [0.1, 0.15) is 42.6 Å². The smallest absolute Gasteiger partial charge is 0.227 e. The van der Waals surface area contributed by atoms with Gasteiger partial charge in [0, 0.05) is 36.3 Å². The van der Waals surface area contributed by atoms with Gasteiger partial charge in [0.05, 0.1) is 12.2 Å². The predicted molar refractivity (Wildman–Crippen MR) is 96.0 cm³/mol. The lowest BCUT2D eigenvalue weighted by atomic mass is 9.89. The molecule has 1 aliphatic heterocycles. The Morgan fingerprint density at radius 3 is 2.92 bits per heavy atom. The molecule has 0 aliphatic carbocycles. The molecule has 6 nitrogen and oxygen atoms in total. The molecule has 0 spiro atoms. The zero-order chi connectivity index (χ0) is 18.0. The fourth-order valence-corrected chi connectivity index (χ4v) is 3.28. The van der Waals surface area contributed by atoms with Gasteiger partial charge in [0.15, 0.2) is 0 Å². The van der Waals surface area contributed by atoms with E-state index in [1.165, 1.54) is 0 Å². The van der Waals surface area contributed by atoms with E-state index in [1.54, 1.807) is 10.9 Å². The van der Waals surface area contributed by atoms with Crippen LogP contribution in [0.15, 0.2) is 30.5 Å². The van der Waals surface area contributed by atoms with Crippen molar-refractivity contribution in [2.45, 2.75) is 39.2 Å². The van der Waals surface area contributed by atoms with Crippen LogP contribution in [0.4, 0.5) is 5.69 Å². The van der Waals surface area contributed by atoms with E-state index in [1.807, 2.05) is 45.2 Å². The Kier molecular flexibility index (Phi) is 4.88. The normalized spacial score (nSPS) is 17.6. The number of rotatable bonds is 5. The molecule has 0 fully saturated rings. The topological polar surface area (TPSA) is 76.0 Å². The lowest BCUT2D eigenvalue weighted by molar-refractivity contribution is -0.123. The van der Waals surface area contributed by atoms with Crippen LogP contribution in [-0.4, -0.2) is 21.6 Å². The number of nitrogens with zero attached hydrogens (tertiary/aromatic N) is 2. The summed E-state index contributed by atoms with van der Waals surface area (Å²) in [4.78, 5) is 24.5. The van der Waals surface area contributed by atoms with E-state index in [9.17, 15) is 9.59 Å². The molecule has 1 aromatic heterocycles. The summed E-state index contributed by atoms with van der Waals surface area (Å²) in [6.07, 6.45) is 3.35. The molecule has 25 heavy (non-hydrogen) atoms. The van der Waals surface area contributed by atoms with Crippen molar-refractivity contribution in [1.29, 1.82) is 0 Å². The Balaban J connectivity index is 1.54. The highest BCUT2D eigenvalue weighted by Gasteiger charge is 2.26. The number of carbonyl (C=O) groups excluding carboxylic acids is 2. The molecule has 2 heterocycles. The summed E-state index contributed by atoms with van der Waals surface area (Å²) in [5.74, 6) is -0.193. The Morgan fingerprint density at radius 2 is 2.20 bits per heavy atom. The molecule has 1 aromatic carbocycles. The molecule has 6 heteroatoms. The van der Waals surface area contributed by atoms with Crippen molar-refractivity contribution in [1.82, 2.24) is 15.1 Å². The van der Waals surface area contributed by atoms with Crippen LogP contribution >= 0.6 is 0 Å². The standard InChI is InChI=1S/C19H24N4O2/c1-12(16-11-20-23(3)13(16)2)21-18(24)9-8-15-10-14-6-4-5-7-17(14)22-19(15)25/h4-7,11-12,15H,8-10H2,1-3H3,(H,21,24)(H,22,25). The molecule has 2 unspecified atom stereocenters. The number of aryl methyl sites for hydroxylation is 1. The second-order valence-electron chi connectivity index (χ2n) is 6.68. The monoisotopic (exact) mass is 340 g/mol. The fourth-order valence-electron chi connectivity index (χ4n) is 3.28. The first-order chi connectivity index (χ1) is 12.0. The van der Waals surface area contributed by atoms with Gasteiger partial charge in [-0.15, -0.1) is 0 Å². The molecule has 0 radical (unpaired) electrons. The number of fused-ring (bicyclic) bond motifs is 1. The first-order valence-electron chi connectivity index (χ1n) is 8.62. The molecule has 0 saturated carbocycles. The average Bonchev–Trinajstić information content (AvgIpc) is 2.92. The molecule has 3 rings (SSSR count). The van der Waals surface area contributed by atoms with Gasteiger partial charge in [-0.05, 0) is 38.3 Å². The molecule has 2 amide bonds. The molecular weight excluding hydrogens is 316 g/mol. The number of anilines is 1. The predicted octanol–water partition coefficient (Wildman–Crippen LogP) is 2.50. The van der Waals surface area contributed by atoms with Gasteiger partial charge in [-0.25, -0.2) is 0 Å². The van der Waals surface area contributed by atoms with E-state index in [4.69, 9.17) is 0 Å². The molecular formula is C19H24N4O2. The first kappa shape index (κ1) is 17.2. The van der Waals surface area contributed by atoms with Crippen LogP contribution in [0.3, 0.4) is 0 Å². The number of hydrogen-bond donors (Lipinski definition) is 2. The summed E-state index contributed by atoms with van der Waals surface area (Å²) in [7, 11) is 1.88. The average molecular weight is 340 g/mol. The highest BCUT2D eigenvalue weighted by atomic mass is 16.2. The maximum Gasteiger partial charge on any atom is 0.227 e. The Morgan fingerprint density at radius 1 is 1.44 bits per heavy atom. The maximum absolute atomic E-state index is 12.3. The number of aromatic nitrogens is 2. The third kappa shape index (κ3) is 3.73. The zero-order valence-corrected chi connectivity index (χ0v) is 14.9. The Bertz CT molecular complexity index is 796. The van der Waals surface area contributed by atoms with Crippen LogP contribution in [0, 0.1) is 12.8 Å². The van der Waals surface area contributed by atoms with Gasteiger partial charge in [0.1, 0.15) is 0 Å². The van der Waals surface area contributed by atoms with E-state index in [0.717, 1.165) is 22.5 Å². The van der Waals surface area contributed by atoms with E-state index < -0.39 is 0 Å². The highest BCUT2D eigenvalue weighted by Crippen LogP contribution is 2.27. The third-order valence-corrected chi connectivity index (χ3v) is 4.95. The lowest BCUT2D eigenvalue weighted by Gasteiger charge is -2.24. The number of carbonyl (C=O) groups is 2. The number of nitrogens with one attached hydrogen (secondary N) is 2. The minimum atomic E-state index is -0.156.